The molecule has 16 heavy (non-hydrogen) atoms. The van der Waals surface area contributed by atoms with Crippen LogP contribution in [0.15, 0.2) is 18.2 Å². The monoisotopic (exact) mass is 239 g/mol. The molecule has 0 unspecified atom stereocenters. The molecule has 6 heteroatoms. The van der Waals surface area contributed by atoms with Crippen molar-refractivity contribution in [2.45, 2.75) is 0 Å². The van der Waals surface area contributed by atoms with E-state index in [1.54, 1.807) is 0 Å². The van der Waals surface area contributed by atoms with Crippen molar-refractivity contribution in [1.82, 2.24) is 0 Å². The van der Waals surface area contributed by atoms with E-state index in [4.69, 9.17) is 16.7 Å². The van der Waals surface area contributed by atoms with Crippen LogP contribution in [-0.4, -0.2) is 29.3 Å². The van der Waals surface area contributed by atoms with E-state index in [1.165, 1.54) is 18.2 Å². The van der Waals surface area contributed by atoms with Gasteiger partial charge in [0, 0.05) is 5.02 Å². The molecule has 0 spiro atoms. The third kappa shape index (κ3) is 1.55. The fraction of sp³-hybridized carbons (Fsp3) is 0.100. The molecule has 1 N–H and O–H groups in total. The Morgan fingerprint density at radius 1 is 1.38 bits per heavy atom. The Morgan fingerprint density at radius 2 is 2.06 bits per heavy atom. The molecule has 1 aliphatic rings. The molecule has 82 valence electrons. The number of anilines is 1. The van der Waals surface area contributed by atoms with E-state index in [9.17, 15) is 14.4 Å². The highest BCUT2D eigenvalue weighted by Crippen LogP contribution is 2.31. The predicted octanol–water partition coefficient (Wildman–Crippen LogP) is 0.954. The Labute approximate surface area is 95.2 Å². The summed E-state index contributed by atoms with van der Waals surface area (Å²) in [5.41, 5.74) is 0.445. The first kappa shape index (κ1) is 10.6. The van der Waals surface area contributed by atoms with Gasteiger partial charge in [0.15, 0.2) is 0 Å². The fourth-order valence-corrected chi connectivity index (χ4v) is 1.73. The second kappa shape index (κ2) is 3.61. The Hall–Kier alpha value is -1.88. The number of carboxylic acid groups (broad SMARTS) is 1. The van der Waals surface area contributed by atoms with Crippen LogP contribution in [0.3, 0.4) is 0 Å². The number of fused-ring (bicyclic) bond motifs is 1. The number of Topliss-reactive ketones (excluding diaryl/α,β-unsaturated/α-hetero) is 1. The van der Waals surface area contributed by atoms with Gasteiger partial charge in [-0.1, -0.05) is 11.6 Å². The van der Waals surface area contributed by atoms with E-state index < -0.39 is 24.2 Å². The molecule has 2 rings (SSSR count). The van der Waals surface area contributed by atoms with Crippen molar-refractivity contribution in [3.63, 3.8) is 0 Å². The molecule has 0 fully saturated rings. The fourth-order valence-electron chi connectivity index (χ4n) is 1.56. The van der Waals surface area contributed by atoms with Gasteiger partial charge in [-0.15, -0.1) is 0 Å². The first-order valence-corrected chi connectivity index (χ1v) is 4.76. The van der Waals surface area contributed by atoms with Gasteiger partial charge in [0.05, 0.1) is 11.3 Å². The van der Waals surface area contributed by atoms with Gasteiger partial charge in [-0.05, 0) is 18.2 Å². The Balaban J connectivity index is 2.51. The van der Waals surface area contributed by atoms with E-state index in [1.807, 2.05) is 0 Å². The second-order valence-electron chi connectivity index (χ2n) is 3.28. The zero-order valence-electron chi connectivity index (χ0n) is 7.94. The van der Waals surface area contributed by atoms with E-state index in [0.717, 1.165) is 4.90 Å². The van der Waals surface area contributed by atoms with Crippen LogP contribution in [0, 0.1) is 0 Å². The quantitative estimate of drug-likeness (QED) is 0.780. The van der Waals surface area contributed by atoms with E-state index >= 15 is 0 Å². The summed E-state index contributed by atoms with van der Waals surface area (Å²) in [7, 11) is 0. The van der Waals surface area contributed by atoms with Crippen LogP contribution in [0.1, 0.15) is 10.4 Å². The standard InChI is InChI=1S/C10H6ClNO4/c11-5-1-2-6-7(3-5)12(4-8(13)14)10(16)9(6)15/h1-3H,4H2,(H,13,14). The summed E-state index contributed by atoms with van der Waals surface area (Å²) in [5, 5.41) is 8.98. The molecule has 1 aromatic carbocycles. The third-order valence-electron chi connectivity index (χ3n) is 2.23. The van der Waals surface area contributed by atoms with Gasteiger partial charge in [0.25, 0.3) is 11.7 Å². The van der Waals surface area contributed by atoms with Crippen LogP contribution in [-0.2, 0) is 9.59 Å². The van der Waals surface area contributed by atoms with Crippen molar-refractivity contribution in [2.75, 3.05) is 11.4 Å². The number of carboxylic acids is 1. The van der Waals surface area contributed by atoms with Crippen LogP contribution >= 0.6 is 11.6 Å². The summed E-state index contributed by atoms with van der Waals surface area (Å²) in [4.78, 5) is 34.4. The van der Waals surface area contributed by atoms with Gasteiger partial charge in [-0.25, -0.2) is 0 Å². The molecule has 1 aliphatic heterocycles. The normalized spacial score (nSPS) is 14.2. The Morgan fingerprint density at radius 3 is 2.69 bits per heavy atom. The minimum Gasteiger partial charge on any atom is -0.480 e. The molecule has 1 amide bonds. The van der Waals surface area contributed by atoms with Crippen molar-refractivity contribution in [1.29, 1.82) is 0 Å². The number of amides is 1. The largest absolute Gasteiger partial charge is 0.480 e. The molecule has 5 nitrogen and oxygen atoms in total. The predicted molar refractivity (Wildman–Crippen MR) is 55.8 cm³/mol. The van der Waals surface area contributed by atoms with Gasteiger partial charge in [-0.2, -0.15) is 0 Å². The molecule has 0 radical (unpaired) electrons. The van der Waals surface area contributed by atoms with E-state index in [0.29, 0.717) is 5.02 Å². The summed E-state index contributed by atoms with van der Waals surface area (Å²) < 4.78 is 0. The molecule has 0 saturated carbocycles. The van der Waals surface area contributed by atoms with Crippen molar-refractivity contribution in [3.05, 3.63) is 28.8 Å². The van der Waals surface area contributed by atoms with Gasteiger partial charge in [0.2, 0.25) is 0 Å². The van der Waals surface area contributed by atoms with Gasteiger partial charge in [0.1, 0.15) is 6.54 Å². The highest BCUT2D eigenvalue weighted by atomic mass is 35.5. The summed E-state index contributed by atoms with van der Waals surface area (Å²) in [6, 6.07) is 4.30. The van der Waals surface area contributed by atoms with Gasteiger partial charge in [-0.3, -0.25) is 19.3 Å². The van der Waals surface area contributed by atoms with Gasteiger partial charge >= 0.3 is 5.97 Å². The van der Waals surface area contributed by atoms with Crippen LogP contribution in [0.5, 0.6) is 0 Å². The number of nitrogens with zero attached hydrogens (tertiary/aromatic N) is 1. The number of hydrogen-bond donors (Lipinski definition) is 1. The smallest absolute Gasteiger partial charge is 0.323 e. The van der Waals surface area contributed by atoms with Crippen molar-refractivity contribution in [3.8, 4) is 0 Å². The third-order valence-corrected chi connectivity index (χ3v) is 2.46. The summed E-state index contributed by atoms with van der Waals surface area (Å²) >= 11 is 5.72. The van der Waals surface area contributed by atoms with Crippen LogP contribution in [0.25, 0.3) is 0 Å². The molecular formula is C10H6ClNO4. The van der Waals surface area contributed by atoms with E-state index in [2.05, 4.69) is 0 Å². The maximum Gasteiger partial charge on any atom is 0.323 e. The molecule has 0 aliphatic carbocycles. The first-order valence-electron chi connectivity index (χ1n) is 4.38. The topological polar surface area (TPSA) is 74.7 Å². The average molecular weight is 240 g/mol. The Kier molecular flexibility index (Phi) is 2.40. The average Bonchev–Trinajstić information content (AvgIpc) is 2.43. The molecule has 0 saturated heterocycles. The number of benzene rings is 1. The zero-order chi connectivity index (χ0) is 11.9. The van der Waals surface area contributed by atoms with Crippen molar-refractivity contribution >= 4 is 34.9 Å². The minimum atomic E-state index is -1.19. The molecule has 1 heterocycles. The number of hydrogen-bond acceptors (Lipinski definition) is 3. The van der Waals surface area contributed by atoms with Crippen LogP contribution in [0.2, 0.25) is 5.02 Å². The Bertz CT molecular complexity index is 512. The summed E-state index contributed by atoms with van der Waals surface area (Å²) in [5.74, 6) is -2.72. The minimum absolute atomic E-state index is 0.190. The zero-order valence-corrected chi connectivity index (χ0v) is 8.69. The van der Waals surface area contributed by atoms with Crippen LogP contribution < -0.4 is 4.90 Å². The van der Waals surface area contributed by atoms with Gasteiger partial charge < -0.3 is 5.11 Å². The van der Waals surface area contributed by atoms with E-state index in [-0.39, 0.29) is 11.3 Å². The number of carbonyl (C=O) groups is 3. The SMILES string of the molecule is O=C(O)CN1C(=O)C(=O)c2ccc(Cl)cc21. The maximum absolute atomic E-state index is 11.5. The lowest BCUT2D eigenvalue weighted by Gasteiger charge is -2.13. The molecular weight excluding hydrogens is 234 g/mol. The first-order chi connectivity index (χ1) is 7.50. The lowest BCUT2D eigenvalue weighted by atomic mass is 10.1. The molecule has 0 atom stereocenters. The lowest BCUT2D eigenvalue weighted by Crippen LogP contribution is -2.34. The number of carbonyl (C=O) groups excluding carboxylic acids is 2. The van der Waals surface area contributed by atoms with Crippen LogP contribution in [0.4, 0.5) is 5.69 Å². The second-order valence-corrected chi connectivity index (χ2v) is 3.71. The number of halogens is 1. The summed E-state index contributed by atoms with van der Waals surface area (Å²) in [6.07, 6.45) is 0. The number of ketones is 1. The maximum atomic E-state index is 11.5. The number of aliphatic carboxylic acids is 1. The van der Waals surface area contributed by atoms with Crippen molar-refractivity contribution in [2.24, 2.45) is 0 Å². The number of rotatable bonds is 2. The highest BCUT2D eigenvalue weighted by Gasteiger charge is 2.36. The molecule has 0 bridgehead atoms. The molecule has 0 aromatic heterocycles. The van der Waals surface area contributed by atoms with Crippen molar-refractivity contribution < 1.29 is 19.5 Å². The molecule has 1 aromatic rings. The highest BCUT2D eigenvalue weighted by molar-refractivity contribution is 6.52. The summed E-state index contributed by atoms with van der Waals surface area (Å²) in [6.45, 7) is -0.544. The lowest BCUT2D eigenvalue weighted by molar-refractivity contribution is -0.136.